The molecule has 0 saturated carbocycles. The molecule has 1 heterocycles. The average Bonchev–Trinajstić information content (AvgIpc) is 2.66. The van der Waals surface area contributed by atoms with Crippen molar-refractivity contribution >= 4 is 38.5 Å². The van der Waals surface area contributed by atoms with Crippen LogP contribution in [0.3, 0.4) is 0 Å². The van der Waals surface area contributed by atoms with Crippen molar-refractivity contribution in [2.75, 3.05) is 12.5 Å². The van der Waals surface area contributed by atoms with Crippen LogP contribution in [0.15, 0.2) is 56.8 Å². The minimum atomic E-state index is -0.0827. The van der Waals surface area contributed by atoms with Gasteiger partial charge < -0.3 is 4.74 Å². The summed E-state index contributed by atoms with van der Waals surface area (Å²) >= 11 is 3.47. The fourth-order valence-electron chi connectivity index (χ4n) is 2.64. The molecule has 0 amide bonds. The van der Waals surface area contributed by atoms with Crippen LogP contribution in [0, 0.1) is 0 Å². The summed E-state index contributed by atoms with van der Waals surface area (Å²) < 4.78 is 7.66. The van der Waals surface area contributed by atoms with Gasteiger partial charge in [-0.05, 0) is 65.7 Å². The fraction of sp³-hybridized carbons (Fsp3) is 0.211. The van der Waals surface area contributed by atoms with Crippen molar-refractivity contribution in [1.29, 1.82) is 0 Å². The molecule has 1 N–H and O–H groups in total. The molecule has 134 valence electrons. The number of ether oxygens (including phenoxy) is 1. The van der Waals surface area contributed by atoms with Gasteiger partial charge in [-0.15, -0.1) is 0 Å². The first-order valence-electron chi connectivity index (χ1n) is 8.19. The zero-order valence-corrected chi connectivity index (χ0v) is 16.4. The number of rotatable bonds is 5. The average molecular weight is 415 g/mol. The second kappa shape index (κ2) is 7.70. The van der Waals surface area contributed by atoms with Gasteiger partial charge in [-0.3, -0.25) is 9.36 Å². The van der Waals surface area contributed by atoms with Crippen LogP contribution in [0.2, 0.25) is 0 Å². The lowest BCUT2D eigenvalue weighted by Gasteiger charge is -2.11. The Labute approximate surface area is 159 Å². The molecule has 0 bridgehead atoms. The van der Waals surface area contributed by atoms with Crippen molar-refractivity contribution in [1.82, 2.24) is 9.55 Å². The number of fused-ring (bicyclic) bond motifs is 1. The van der Waals surface area contributed by atoms with E-state index in [-0.39, 0.29) is 5.56 Å². The van der Waals surface area contributed by atoms with Crippen molar-refractivity contribution in [3.8, 4) is 5.75 Å². The lowest BCUT2D eigenvalue weighted by molar-refractivity contribution is 0.412. The molecule has 26 heavy (non-hydrogen) atoms. The number of anilines is 1. The zero-order chi connectivity index (χ0) is 18.7. The molecule has 3 rings (SSSR count). The standard InChI is InChI=1S/C19H19BrN4O2/c1-4-24-18(25)14-7-5-6-8-16(14)21-19(24)23-22-12(2)13-9-10-17(26-3)15(20)11-13/h5-11H,4H2,1-3H3,(H,21,23)/b22-12-. The highest BCUT2D eigenvalue weighted by Crippen LogP contribution is 2.25. The molecule has 0 radical (unpaired) electrons. The highest BCUT2D eigenvalue weighted by atomic mass is 79.9. The lowest BCUT2D eigenvalue weighted by Crippen LogP contribution is -2.23. The molecule has 0 aliphatic heterocycles. The van der Waals surface area contributed by atoms with Crippen molar-refractivity contribution < 1.29 is 4.74 Å². The first-order chi connectivity index (χ1) is 12.5. The van der Waals surface area contributed by atoms with Gasteiger partial charge in [0.05, 0.1) is 28.2 Å². The Morgan fingerprint density at radius 3 is 2.77 bits per heavy atom. The Bertz CT molecular complexity index is 1040. The Balaban J connectivity index is 1.97. The molecule has 0 atom stereocenters. The van der Waals surface area contributed by atoms with E-state index in [0.717, 1.165) is 21.5 Å². The number of hydrogen-bond donors (Lipinski definition) is 1. The fourth-order valence-corrected chi connectivity index (χ4v) is 3.18. The molecule has 6 nitrogen and oxygen atoms in total. The second-order valence-electron chi connectivity index (χ2n) is 5.66. The summed E-state index contributed by atoms with van der Waals surface area (Å²) in [6.07, 6.45) is 0. The number of methoxy groups -OCH3 is 1. The minimum absolute atomic E-state index is 0.0827. The number of hydrogen-bond acceptors (Lipinski definition) is 5. The van der Waals surface area contributed by atoms with Gasteiger partial charge in [-0.2, -0.15) is 5.10 Å². The molecule has 0 aliphatic rings. The molecule has 2 aromatic carbocycles. The number of halogens is 1. The van der Waals surface area contributed by atoms with E-state index in [0.29, 0.717) is 23.4 Å². The van der Waals surface area contributed by atoms with E-state index in [4.69, 9.17) is 4.74 Å². The third kappa shape index (κ3) is 3.48. The zero-order valence-electron chi connectivity index (χ0n) is 14.8. The maximum atomic E-state index is 12.6. The summed E-state index contributed by atoms with van der Waals surface area (Å²) in [5.41, 5.74) is 5.19. The van der Waals surface area contributed by atoms with E-state index < -0.39 is 0 Å². The van der Waals surface area contributed by atoms with Crippen LogP contribution >= 0.6 is 15.9 Å². The van der Waals surface area contributed by atoms with E-state index in [1.54, 1.807) is 17.7 Å². The van der Waals surface area contributed by atoms with Gasteiger partial charge in [-0.25, -0.2) is 10.4 Å². The van der Waals surface area contributed by atoms with E-state index >= 15 is 0 Å². The van der Waals surface area contributed by atoms with Crippen molar-refractivity contribution in [2.24, 2.45) is 5.10 Å². The van der Waals surface area contributed by atoms with Gasteiger partial charge in [0.1, 0.15) is 5.75 Å². The van der Waals surface area contributed by atoms with Crippen LogP contribution in [-0.4, -0.2) is 22.4 Å². The largest absolute Gasteiger partial charge is 0.496 e. The number of benzene rings is 2. The quantitative estimate of drug-likeness (QED) is 0.505. The van der Waals surface area contributed by atoms with E-state index in [1.165, 1.54) is 0 Å². The predicted molar refractivity (Wildman–Crippen MR) is 108 cm³/mol. The monoisotopic (exact) mass is 414 g/mol. The Kier molecular flexibility index (Phi) is 5.37. The Morgan fingerprint density at radius 1 is 1.31 bits per heavy atom. The third-order valence-electron chi connectivity index (χ3n) is 4.07. The van der Waals surface area contributed by atoms with Crippen LogP contribution in [0.1, 0.15) is 19.4 Å². The normalized spacial score (nSPS) is 11.6. The van der Waals surface area contributed by atoms with Crippen LogP contribution < -0.4 is 15.7 Å². The topological polar surface area (TPSA) is 68.5 Å². The highest BCUT2D eigenvalue weighted by molar-refractivity contribution is 9.10. The highest BCUT2D eigenvalue weighted by Gasteiger charge is 2.09. The van der Waals surface area contributed by atoms with Crippen LogP contribution in [0.25, 0.3) is 10.9 Å². The maximum absolute atomic E-state index is 12.6. The van der Waals surface area contributed by atoms with Crippen molar-refractivity contribution in [2.45, 2.75) is 20.4 Å². The number of aromatic nitrogens is 2. The third-order valence-corrected chi connectivity index (χ3v) is 4.69. The molecule has 0 unspecified atom stereocenters. The summed E-state index contributed by atoms with van der Waals surface area (Å²) in [7, 11) is 1.62. The van der Waals surface area contributed by atoms with Gasteiger partial charge in [0.2, 0.25) is 5.95 Å². The smallest absolute Gasteiger partial charge is 0.262 e. The SMILES string of the molecule is CCn1c(N/N=C(/C)c2ccc(OC)c(Br)c2)nc2ccccc2c1=O. The summed E-state index contributed by atoms with van der Waals surface area (Å²) in [6.45, 7) is 4.29. The van der Waals surface area contributed by atoms with Gasteiger partial charge in [-0.1, -0.05) is 12.1 Å². The number of nitrogens with one attached hydrogen (secondary N) is 1. The van der Waals surface area contributed by atoms with Gasteiger partial charge in [0, 0.05) is 6.54 Å². The molecular weight excluding hydrogens is 396 g/mol. The van der Waals surface area contributed by atoms with Crippen LogP contribution in [0.4, 0.5) is 5.95 Å². The van der Waals surface area contributed by atoms with Crippen LogP contribution in [-0.2, 0) is 6.54 Å². The van der Waals surface area contributed by atoms with E-state index in [9.17, 15) is 4.79 Å². The molecule has 0 spiro atoms. The molecule has 0 aliphatic carbocycles. The molecule has 1 aromatic heterocycles. The maximum Gasteiger partial charge on any atom is 0.262 e. The number of para-hydroxylation sites is 1. The summed E-state index contributed by atoms with van der Waals surface area (Å²) in [5, 5.41) is 5.00. The summed E-state index contributed by atoms with van der Waals surface area (Å²) in [6, 6.07) is 13.0. The van der Waals surface area contributed by atoms with E-state index in [1.807, 2.05) is 50.2 Å². The van der Waals surface area contributed by atoms with E-state index in [2.05, 4.69) is 31.4 Å². The minimum Gasteiger partial charge on any atom is -0.496 e. The molecule has 0 fully saturated rings. The first-order valence-corrected chi connectivity index (χ1v) is 8.98. The second-order valence-corrected chi connectivity index (χ2v) is 6.51. The van der Waals surface area contributed by atoms with Crippen molar-refractivity contribution in [3.63, 3.8) is 0 Å². The molecule has 7 heteroatoms. The Morgan fingerprint density at radius 2 is 2.08 bits per heavy atom. The number of hydrazone groups is 1. The molecule has 3 aromatic rings. The Hall–Kier alpha value is -2.67. The van der Waals surface area contributed by atoms with Crippen molar-refractivity contribution in [3.05, 3.63) is 62.9 Å². The van der Waals surface area contributed by atoms with Gasteiger partial charge in [0.15, 0.2) is 0 Å². The predicted octanol–water partition coefficient (Wildman–Crippen LogP) is 4.02. The van der Waals surface area contributed by atoms with Gasteiger partial charge >= 0.3 is 0 Å². The molecule has 0 saturated heterocycles. The summed E-state index contributed by atoms with van der Waals surface area (Å²) in [4.78, 5) is 17.2. The first kappa shape index (κ1) is 18.1. The molecular formula is C19H19BrN4O2. The number of nitrogens with zero attached hydrogens (tertiary/aromatic N) is 3. The lowest BCUT2D eigenvalue weighted by atomic mass is 10.1. The van der Waals surface area contributed by atoms with Gasteiger partial charge in [0.25, 0.3) is 5.56 Å². The van der Waals surface area contributed by atoms with Crippen LogP contribution in [0.5, 0.6) is 5.75 Å². The summed E-state index contributed by atoms with van der Waals surface area (Å²) in [5.74, 6) is 1.17.